The number of thioether (sulfide) groups is 1. The van der Waals surface area contributed by atoms with Crippen LogP contribution in [0.15, 0.2) is 54.6 Å². The Morgan fingerprint density at radius 1 is 1.00 bits per heavy atom. The first kappa shape index (κ1) is 14.6. The van der Waals surface area contributed by atoms with Gasteiger partial charge in [-0.15, -0.1) is 11.8 Å². The van der Waals surface area contributed by atoms with Crippen LogP contribution in [-0.4, -0.2) is 16.5 Å². The van der Waals surface area contributed by atoms with Gasteiger partial charge in [0.2, 0.25) is 0 Å². The van der Waals surface area contributed by atoms with Gasteiger partial charge in [-0.3, -0.25) is 4.79 Å². The summed E-state index contributed by atoms with van der Waals surface area (Å²) in [6.07, 6.45) is 1.91. The van der Waals surface area contributed by atoms with Gasteiger partial charge in [0.05, 0.1) is 0 Å². The Morgan fingerprint density at radius 3 is 2.30 bits per heavy atom. The monoisotopic (exact) mass is 302 g/mol. The molecule has 0 spiro atoms. The van der Waals surface area contributed by atoms with Crippen molar-refractivity contribution >= 4 is 45.6 Å². The highest BCUT2D eigenvalue weighted by Gasteiger charge is 2.05. The van der Waals surface area contributed by atoms with Crippen molar-refractivity contribution in [3.05, 3.63) is 60.2 Å². The fraction of sp³-hybridized carbons (Fsp3) is 0.0667. The topological polar surface area (TPSA) is 41.1 Å². The van der Waals surface area contributed by atoms with Gasteiger partial charge in [0.25, 0.3) is 5.91 Å². The minimum atomic E-state index is -0.129. The van der Waals surface area contributed by atoms with Crippen LogP contribution in [0.25, 0.3) is 0 Å². The van der Waals surface area contributed by atoms with E-state index in [0.717, 1.165) is 11.4 Å². The molecule has 0 bridgehead atoms. The molecular weight excluding hydrogens is 288 g/mol. The highest BCUT2D eigenvalue weighted by molar-refractivity contribution is 8.22. The Morgan fingerprint density at radius 2 is 1.65 bits per heavy atom. The number of benzene rings is 2. The van der Waals surface area contributed by atoms with Crippen LogP contribution in [0.5, 0.6) is 0 Å². The second-order valence-corrected chi connectivity index (χ2v) is 5.50. The zero-order valence-corrected chi connectivity index (χ0v) is 12.6. The van der Waals surface area contributed by atoms with Gasteiger partial charge >= 0.3 is 0 Å². The molecule has 0 aromatic heterocycles. The maximum atomic E-state index is 12.0. The molecular formula is C15H14N2OS2. The summed E-state index contributed by atoms with van der Waals surface area (Å²) >= 11 is 6.58. The summed E-state index contributed by atoms with van der Waals surface area (Å²) in [5.74, 6) is -0.129. The lowest BCUT2D eigenvalue weighted by Crippen LogP contribution is -2.12. The van der Waals surface area contributed by atoms with Crippen LogP contribution < -0.4 is 10.6 Å². The number of thiocarbonyl (C=S) groups is 1. The van der Waals surface area contributed by atoms with Gasteiger partial charge in [0.1, 0.15) is 4.32 Å². The van der Waals surface area contributed by atoms with E-state index in [1.165, 1.54) is 11.8 Å². The van der Waals surface area contributed by atoms with E-state index in [9.17, 15) is 4.79 Å². The molecule has 0 atom stereocenters. The summed E-state index contributed by atoms with van der Waals surface area (Å²) in [6, 6.07) is 16.6. The van der Waals surface area contributed by atoms with Crippen molar-refractivity contribution in [2.45, 2.75) is 0 Å². The van der Waals surface area contributed by atoms with Crippen LogP contribution in [0, 0.1) is 0 Å². The van der Waals surface area contributed by atoms with Crippen molar-refractivity contribution in [1.29, 1.82) is 0 Å². The van der Waals surface area contributed by atoms with Crippen molar-refractivity contribution in [3.63, 3.8) is 0 Å². The van der Waals surface area contributed by atoms with Crippen molar-refractivity contribution in [2.75, 3.05) is 16.9 Å². The van der Waals surface area contributed by atoms with E-state index in [1.807, 2.05) is 48.7 Å². The minimum absolute atomic E-state index is 0.129. The first-order valence-electron chi connectivity index (χ1n) is 6.00. The Labute approximate surface area is 127 Å². The Hall–Kier alpha value is -1.85. The molecule has 0 radical (unpaired) electrons. The van der Waals surface area contributed by atoms with Crippen LogP contribution in [-0.2, 0) is 0 Å². The van der Waals surface area contributed by atoms with E-state index < -0.39 is 0 Å². The summed E-state index contributed by atoms with van der Waals surface area (Å²) in [4.78, 5) is 12.0. The number of carbonyl (C=O) groups excluding carboxylic acids is 1. The summed E-state index contributed by atoms with van der Waals surface area (Å²) in [6.45, 7) is 0. The average Bonchev–Trinajstić information content (AvgIpc) is 2.48. The predicted molar refractivity (Wildman–Crippen MR) is 90.6 cm³/mol. The SMILES string of the molecule is CSC(=S)Nc1cccc(NC(=O)c2ccccc2)c1. The molecule has 0 unspecified atom stereocenters. The third-order valence-corrected chi connectivity index (χ3v) is 3.66. The Bertz CT molecular complexity index is 614. The number of carbonyl (C=O) groups is 1. The standard InChI is InChI=1S/C15H14N2OS2/c1-20-15(19)17-13-9-5-8-12(10-13)16-14(18)11-6-3-2-4-7-11/h2-10H,1H3,(H,16,18)(H,17,19). The summed E-state index contributed by atoms with van der Waals surface area (Å²) in [5, 5.41) is 5.95. The lowest BCUT2D eigenvalue weighted by molar-refractivity contribution is 0.102. The van der Waals surface area contributed by atoms with Crippen LogP contribution in [0.1, 0.15) is 10.4 Å². The van der Waals surface area contributed by atoms with E-state index in [2.05, 4.69) is 10.6 Å². The molecule has 2 rings (SSSR count). The molecule has 2 N–H and O–H groups in total. The summed E-state index contributed by atoms with van der Waals surface area (Å²) in [7, 11) is 0. The third kappa shape index (κ3) is 4.08. The van der Waals surface area contributed by atoms with Crippen LogP contribution in [0.2, 0.25) is 0 Å². The maximum absolute atomic E-state index is 12.0. The lowest BCUT2D eigenvalue weighted by atomic mass is 10.2. The Kier molecular flexibility index (Phi) is 5.15. The molecule has 0 saturated heterocycles. The second-order valence-electron chi connectivity index (χ2n) is 4.02. The second kappa shape index (κ2) is 7.07. The van der Waals surface area contributed by atoms with Gasteiger partial charge in [0.15, 0.2) is 0 Å². The molecule has 2 aromatic carbocycles. The number of nitrogens with one attached hydrogen (secondary N) is 2. The molecule has 5 heteroatoms. The number of amides is 1. The number of rotatable bonds is 3. The maximum Gasteiger partial charge on any atom is 0.255 e. The zero-order chi connectivity index (χ0) is 14.4. The highest BCUT2D eigenvalue weighted by atomic mass is 32.2. The molecule has 0 heterocycles. The van der Waals surface area contributed by atoms with Crippen molar-refractivity contribution in [2.24, 2.45) is 0 Å². The zero-order valence-electron chi connectivity index (χ0n) is 10.9. The molecule has 1 amide bonds. The first-order chi connectivity index (χ1) is 9.69. The third-order valence-electron chi connectivity index (χ3n) is 2.59. The Balaban J connectivity index is 2.08. The molecule has 3 nitrogen and oxygen atoms in total. The summed E-state index contributed by atoms with van der Waals surface area (Å²) < 4.78 is 0.691. The smallest absolute Gasteiger partial charge is 0.255 e. The quantitative estimate of drug-likeness (QED) is 0.841. The van der Waals surface area contributed by atoms with E-state index >= 15 is 0 Å². The number of hydrogen-bond acceptors (Lipinski definition) is 3. The van der Waals surface area contributed by atoms with Gasteiger partial charge in [0, 0.05) is 16.9 Å². The molecule has 0 fully saturated rings. The molecule has 0 aliphatic rings. The van der Waals surface area contributed by atoms with Crippen LogP contribution in [0.3, 0.4) is 0 Å². The van der Waals surface area contributed by atoms with Gasteiger partial charge in [-0.1, -0.05) is 36.5 Å². The molecule has 2 aromatic rings. The number of anilines is 2. The normalized spacial score (nSPS) is 9.85. The predicted octanol–water partition coefficient (Wildman–Crippen LogP) is 4.00. The van der Waals surface area contributed by atoms with Crippen LogP contribution in [0.4, 0.5) is 11.4 Å². The minimum Gasteiger partial charge on any atom is -0.341 e. The molecule has 102 valence electrons. The van der Waals surface area contributed by atoms with E-state index in [1.54, 1.807) is 12.1 Å². The van der Waals surface area contributed by atoms with Crippen molar-refractivity contribution in [3.8, 4) is 0 Å². The van der Waals surface area contributed by atoms with Gasteiger partial charge in [-0.25, -0.2) is 0 Å². The first-order valence-corrected chi connectivity index (χ1v) is 7.64. The van der Waals surface area contributed by atoms with Crippen molar-refractivity contribution in [1.82, 2.24) is 0 Å². The fourth-order valence-electron chi connectivity index (χ4n) is 1.64. The van der Waals surface area contributed by atoms with E-state index in [0.29, 0.717) is 9.88 Å². The number of hydrogen-bond donors (Lipinski definition) is 2. The van der Waals surface area contributed by atoms with Crippen molar-refractivity contribution < 1.29 is 4.79 Å². The molecule has 0 aliphatic carbocycles. The molecule has 0 saturated carbocycles. The average molecular weight is 302 g/mol. The van der Waals surface area contributed by atoms with Gasteiger partial charge < -0.3 is 10.6 Å². The summed E-state index contributed by atoms with van der Waals surface area (Å²) in [5.41, 5.74) is 2.22. The van der Waals surface area contributed by atoms with E-state index in [-0.39, 0.29) is 5.91 Å². The largest absolute Gasteiger partial charge is 0.341 e. The van der Waals surface area contributed by atoms with Gasteiger partial charge in [-0.2, -0.15) is 0 Å². The fourth-order valence-corrected chi connectivity index (χ4v) is 1.97. The van der Waals surface area contributed by atoms with E-state index in [4.69, 9.17) is 12.2 Å². The van der Waals surface area contributed by atoms with Crippen LogP contribution >= 0.6 is 24.0 Å². The van der Waals surface area contributed by atoms with Gasteiger partial charge in [-0.05, 0) is 36.6 Å². The molecule has 20 heavy (non-hydrogen) atoms. The lowest BCUT2D eigenvalue weighted by Gasteiger charge is -2.09. The molecule has 0 aliphatic heterocycles. The highest BCUT2D eigenvalue weighted by Crippen LogP contribution is 2.17.